The predicted octanol–water partition coefficient (Wildman–Crippen LogP) is -0.00720. The summed E-state index contributed by atoms with van der Waals surface area (Å²) in [7, 11) is 0. The molecule has 7 heteroatoms. The molecule has 0 amide bonds. The molecular weight excluding hydrogens is 232 g/mol. The Labute approximate surface area is 97.3 Å². The molecule has 0 radical (unpaired) electrons. The Morgan fingerprint density at radius 2 is 2.50 bits per heavy atom. The van der Waals surface area contributed by atoms with Crippen LogP contribution in [0, 0.1) is 0 Å². The third-order valence-corrected chi connectivity index (χ3v) is 2.58. The molecule has 1 aromatic rings. The van der Waals surface area contributed by atoms with Gasteiger partial charge in [0.1, 0.15) is 11.2 Å². The Morgan fingerprint density at radius 1 is 1.69 bits per heavy atom. The van der Waals surface area contributed by atoms with E-state index >= 15 is 0 Å². The van der Waals surface area contributed by atoms with E-state index in [2.05, 4.69) is 15.3 Å². The molecule has 1 saturated heterocycles. The van der Waals surface area contributed by atoms with Crippen LogP contribution in [-0.2, 0) is 4.79 Å². The Balaban J connectivity index is 2.12. The highest BCUT2D eigenvalue weighted by Crippen LogP contribution is 2.12. The molecule has 0 aliphatic carbocycles. The van der Waals surface area contributed by atoms with E-state index < -0.39 is 12.0 Å². The highest BCUT2D eigenvalue weighted by atomic mass is 35.5. The number of piperazine rings is 1. The molecule has 16 heavy (non-hydrogen) atoms. The lowest BCUT2D eigenvalue weighted by Crippen LogP contribution is -2.54. The van der Waals surface area contributed by atoms with Crippen LogP contribution in [0.5, 0.6) is 0 Å². The average Bonchev–Trinajstić information content (AvgIpc) is 2.29. The number of aliphatic carboxylic acids is 1. The highest BCUT2D eigenvalue weighted by Gasteiger charge is 2.26. The minimum atomic E-state index is -0.869. The number of rotatable bonds is 2. The molecule has 1 fully saturated rings. The SMILES string of the molecule is O=C(O)C1CN(c2nccc(Cl)n2)CCN1. The van der Waals surface area contributed by atoms with Gasteiger partial charge >= 0.3 is 5.97 Å². The Hall–Kier alpha value is -1.40. The predicted molar refractivity (Wildman–Crippen MR) is 58.7 cm³/mol. The van der Waals surface area contributed by atoms with E-state index in [0.717, 1.165) is 0 Å². The quantitative estimate of drug-likeness (QED) is 0.711. The summed E-state index contributed by atoms with van der Waals surface area (Å²) in [5.74, 6) is -0.396. The van der Waals surface area contributed by atoms with Crippen LogP contribution < -0.4 is 10.2 Å². The summed E-state index contributed by atoms with van der Waals surface area (Å²) >= 11 is 5.75. The van der Waals surface area contributed by atoms with Crippen LogP contribution in [-0.4, -0.2) is 46.7 Å². The summed E-state index contributed by atoms with van der Waals surface area (Å²) in [5, 5.41) is 12.2. The zero-order valence-corrected chi connectivity index (χ0v) is 9.18. The molecule has 2 rings (SSSR count). The number of hydrogen-bond donors (Lipinski definition) is 2. The number of carboxylic acids is 1. The number of nitrogens with zero attached hydrogens (tertiary/aromatic N) is 3. The summed E-state index contributed by atoms with van der Waals surface area (Å²) in [6.07, 6.45) is 1.56. The van der Waals surface area contributed by atoms with E-state index in [4.69, 9.17) is 16.7 Å². The van der Waals surface area contributed by atoms with Crippen LogP contribution in [0.3, 0.4) is 0 Å². The first-order chi connectivity index (χ1) is 7.66. The number of aromatic nitrogens is 2. The van der Waals surface area contributed by atoms with Gasteiger partial charge in [0, 0.05) is 25.8 Å². The van der Waals surface area contributed by atoms with Gasteiger partial charge < -0.3 is 15.3 Å². The summed E-state index contributed by atoms with van der Waals surface area (Å²) in [4.78, 5) is 20.8. The minimum absolute atomic E-state index is 0.343. The van der Waals surface area contributed by atoms with Crippen molar-refractivity contribution < 1.29 is 9.90 Å². The second kappa shape index (κ2) is 4.63. The first kappa shape index (κ1) is 11.1. The summed E-state index contributed by atoms with van der Waals surface area (Å²) in [6, 6.07) is 0.999. The van der Waals surface area contributed by atoms with Gasteiger partial charge in [-0.05, 0) is 6.07 Å². The number of carbonyl (C=O) groups is 1. The molecule has 1 aliphatic heterocycles. The zero-order valence-electron chi connectivity index (χ0n) is 8.43. The normalized spacial score (nSPS) is 20.8. The highest BCUT2D eigenvalue weighted by molar-refractivity contribution is 6.29. The molecule has 0 saturated carbocycles. The molecule has 0 bridgehead atoms. The maximum atomic E-state index is 10.8. The first-order valence-corrected chi connectivity index (χ1v) is 5.24. The number of anilines is 1. The van der Waals surface area contributed by atoms with Crippen molar-refractivity contribution >= 4 is 23.5 Å². The van der Waals surface area contributed by atoms with Crippen molar-refractivity contribution in [1.29, 1.82) is 0 Å². The van der Waals surface area contributed by atoms with Crippen LogP contribution in [0.25, 0.3) is 0 Å². The van der Waals surface area contributed by atoms with Crippen LogP contribution in [0.2, 0.25) is 5.15 Å². The molecule has 1 unspecified atom stereocenters. The lowest BCUT2D eigenvalue weighted by Gasteiger charge is -2.31. The van der Waals surface area contributed by atoms with Gasteiger partial charge in [0.15, 0.2) is 0 Å². The topological polar surface area (TPSA) is 78.3 Å². The average molecular weight is 243 g/mol. The summed E-state index contributed by atoms with van der Waals surface area (Å²) < 4.78 is 0. The molecule has 86 valence electrons. The van der Waals surface area contributed by atoms with Gasteiger partial charge in [0.25, 0.3) is 0 Å². The van der Waals surface area contributed by atoms with E-state index in [1.165, 1.54) is 0 Å². The van der Waals surface area contributed by atoms with Crippen molar-refractivity contribution in [2.75, 3.05) is 24.5 Å². The van der Waals surface area contributed by atoms with E-state index in [1.807, 2.05) is 0 Å². The van der Waals surface area contributed by atoms with Gasteiger partial charge in [-0.25, -0.2) is 9.97 Å². The van der Waals surface area contributed by atoms with Crippen LogP contribution >= 0.6 is 11.6 Å². The van der Waals surface area contributed by atoms with Gasteiger partial charge in [0.2, 0.25) is 5.95 Å². The van der Waals surface area contributed by atoms with Crippen molar-refractivity contribution in [2.45, 2.75) is 6.04 Å². The number of hydrogen-bond acceptors (Lipinski definition) is 5. The molecular formula is C9H11ClN4O2. The van der Waals surface area contributed by atoms with Gasteiger partial charge in [-0.15, -0.1) is 0 Å². The number of halogens is 1. The van der Waals surface area contributed by atoms with Crippen molar-refractivity contribution in [3.63, 3.8) is 0 Å². The molecule has 0 aromatic carbocycles. The largest absolute Gasteiger partial charge is 0.480 e. The maximum absolute atomic E-state index is 10.8. The van der Waals surface area contributed by atoms with E-state index in [9.17, 15) is 4.79 Å². The molecule has 6 nitrogen and oxygen atoms in total. The van der Waals surface area contributed by atoms with E-state index in [1.54, 1.807) is 17.2 Å². The standard InChI is InChI=1S/C9H11ClN4O2/c10-7-1-2-12-9(13-7)14-4-3-11-6(5-14)8(15)16/h1-2,6,11H,3-5H2,(H,15,16). The maximum Gasteiger partial charge on any atom is 0.322 e. The van der Waals surface area contributed by atoms with E-state index in [0.29, 0.717) is 30.7 Å². The molecule has 1 aromatic heterocycles. The molecule has 1 atom stereocenters. The third kappa shape index (κ3) is 2.40. The molecule has 2 heterocycles. The monoisotopic (exact) mass is 242 g/mol. The van der Waals surface area contributed by atoms with Crippen LogP contribution in [0.4, 0.5) is 5.95 Å². The molecule has 0 spiro atoms. The van der Waals surface area contributed by atoms with Gasteiger partial charge in [-0.2, -0.15) is 0 Å². The first-order valence-electron chi connectivity index (χ1n) is 4.86. The third-order valence-electron chi connectivity index (χ3n) is 2.37. The molecule has 2 N–H and O–H groups in total. The van der Waals surface area contributed by atoms with Crippen LogP contribution in [0.1, 0.15) is 0 Å². The van der Waals surface area contributed by atoms with Crippen molar-refractivity contribution in [1.82, 2.24) is 15.3 Å². The number of nitrogens with one attached hydrogen (secondary N) is 1. The van der Waals surface area contributed by atoms with Crippen molar-refractivity contribution in [3.05, 3.63) is 17.4 Å². The second-order valence-corrected chi connectivity index (χ2v) is 3.86. The van der Waals surface area contributed by atoms with Gasteiger partial charge in [0.05, 0.1) is 0 Å². The van der Waals surface area contributed by atoms with Gasteiger partial charge in [-0.3, -0.25) is 4.79 Å². The Kier molecular flexibility index (Phi) is 3.21. The van der Waals surface area contributed by atoms with Crippen molar-refractivity contribution in [2.24, 2.45) is 0 Å². The smallest absolute Gasteiger partial charge is 0.322 e. The Morgan fingerprint density at radius 3 is 3.19 bits per heavy atom. The van der Waals surface area contributed by atoms with Crippen LogP contribution in [0.15, 0.2) is 12.3 Å². The molecule has 1 aliphatic rings. The fourth-order valence-electron chi connectivity index (χ4n) is 1.58. The second-order valence-electron chi connectivity index (χ2n) is 3.47. The fourth-order valence-corrected chi connectivity index (χ4v) is 1.71. The fraction of sp³-hybridized carbons (Fsp3) is 0.444. The number of carboxylic acid groups (broad SMARTS) is 1. The van der Waals surface area contributed by atoms with Gasteiger partial charge in [-0.1, -0.05) is 11.6 Å². The summed E-state index contributed by atoms with van der Waals surface area (Å²) in [5.41, 5.74) is 0. The lowest BCUT2D eigenvalue weighted by atomic mass is 10.2. The minimum Gasteiger partial charge on any atom is -0.480 e. The van der Waals surface area contributed by atoms with E-state index in [-0.39, 0.29) is 0 Å². The Bertz CT molecular complexity index is 401. The lowest BCUT2D eigenvalue weighted by molar-refractivity contribution is -0.139. The zero-order chi connectivity index (χ0) is 11.5. The summed E-state index contributed by atoms with van der Waals surface area (Å²) in [6.45, 7) is 1.60. The van der Waals surface area contributed by atoms with Crippen molar-refractivity contribution in [3.8, 4) is 0 Å².